The van der Waals surface area contributed by atoms with E-state index in [1.165, 1.54) is 12.1 Å². The van der Waals surface area contributed by atoms with Gasteiger partial charge < -0.3 is 24.3 Å². The number of methoxy groups -OCH3 is 3. The van der Waals surface area contributed by atoms with Crippen LogP contribution in [0.3, 0.4) is 0 Å². The third-order valence-corrected chi connectivity index (χ3v) is 6.16. The van der Waals surface area contributed by atoms with Crippen LogP contribution in [-0.4, -0.2) is 73.4 Å². The lowest BCUT2D eigenvalue weighted by molar-refractivity contribution is -0.144. The summed E-state index contributed by atoms with van der Waals surface area (Å²) in [6.07, 6.45) is 1.67. The number of H-pyrrole nitrogens is 1. The number of rotatable bonds is 8. The maximum Gasteiger partial charge on any atom is 0.325 e. The largest absolute Gasteiger partial charge is 0.493 e. The molecule has 1 aliphatic rings. The number of aromatic nitrogens is 1. The first-order valence-corrected chi connectivity index (χ1v) is 10.7. The van der Waals surface area contributed by atoms with Gasteiger partial charge in [-0.1, -0.05) is 6.07 Å². The van der Waals surface area contributed by atoms with Gasteiger partial charge in [0.25, 0.3) is 0 Å². The van der Waals surface area contributed by atoms with Crippen LogP contribution >= 0.6 is 0 Å². The minimum absolute atomic E-state index is 0.359. The van der Waals surface area contributed by atoms with E-state index in [9.17, 15) is 14.3 Å². The number of halogens is 1. The second kappa shape index (κ2) is 9.68. The molecule has 0 saturated carbocycles. The van der Waals surface area contributed by atoms with Crippen molar-refractivity contribution in [2.45, 2.75) is 12.6 Å². The van der Waals surface area contributed by atoms with Crippen LogP contribution in [0.1, 0.15) is 17.2 Å². The maximum absolute atomic E-state index is 13.6. The Bertz CT molecular complexity index is 1140. The van der Waals surface area contributed by atoms with Crippen molar-refractivity contribution < 1.29 is 28.5 Å². The van der Waals surface area contributed by atoms with Gasteiger partial charge in [0.2, 0.25) is 5.75 Å². The number of benzene rings is 2. The standard InChI is InChI=1S/C24H28FN3O5/c1-31-20-7-4-15(22(32-2)23(20)33-3)14-27-8-10-28(11-9-27)21(24(29)30)18-13-26-19-12-16(25)5-6-17(18)19/h4-7,12-13,21,26H,8-11,14H2,1-3H3,(H,29,30)/t21-/m0/s1. The Morgan fingerprint density at radius 1 is 1.06 bits per heavy atom. The molecule has 176 valence electrons. The van der Waals surface area contributed by atoms with Gasteiger partial charge in [0.05, 0.1) is 21.3 Å². The Balaban J connectivity index is 1.49. The van der Waals surface area contributed by atoms with Gasteiger partial charge in [-0.25, -0.2) is 4.39 Å². The molecule has 0 unspecified atom stereocenters. The predicted octanol–water partition coefficient (Wildman–Crippen LogP) is 3.28. The van der Waals surface area contributed by atoms with Gasteiger partial charge >= 0.3 is 5.97 Å². The van der Waals surface area contributed by atoms with Crippen LogP contribution in [0.5, 0.6) is 17.2 Å². The smallest absolute Gasteiger partial charge is 0.325 e. The molecule has 0 aliphatic carbocycles. The Hall–Kier alpha value is -3.30. The number of carbonyl (C=O) groups is 1. The van der Waals surface area contributed by atoms with E-state index in [0.29, 0.717) is 61.1 Å². The Labute approximate surface area is 191 Å². The van der Waals surface area contributed by atoms with Crippen LogP contribution in [0, 0.1) is 5.82 Å². The van der Waals surface area contributed by atoms with Crippen molar-refractivity contribution >= 4 is 16.9 Å². The average molecular weight is 458 g/mol. The number of piperazine rings is 1. The highest BCUT2D eigenvalue weighted by atomic mass is 19.1. The van der Waals surface area contributed by atoms with E-state index in [0.717, 1.165) is 10.9 Å². The predicted molar refractivity (Wildman–Crippen MR) is 122 cm³/mol. The number of aromatic amines is 1. The van der Waals surface area contributed by atoms with Crippen LogP contribution in [-0.2, 0) is 11.3 Å². The summed E-state index contributed by atoms with van der Waals surface area (Å²) in [6.45, 7) is 3.19. The lowest BCUT2D eigenvalue weighted by Crippen LogP contribution is -2.48. The molecule has 8 nitrogen and oxygen atoms in total. The monoisotopic (exact) mass is 457 g/mol. The molecule has 1 atom stereocenters. The number of fused-ring (bicyclic) bond motifs is 1. The second-order valence-electron chi connectivity index (χ2n) is 7.98. The number of carboxylic acid groups (broad SMARTS) is 1. The zero-order valence-electron chi connectivity index (χ0n) is 18.9. The summed E-state index contributed by atoms with van der Waals surface area (Å²) in [6, 6.07) is 7.37. The Morgan fingerprint density at radius 2 is 1.79 bits per heavy atom. The van der Waals surface area contributed by atoms with Crippen LogP contribution < -0.4 is 14.2 Å². The van der Waals surface area contributed by atoms with Gasteiger partial charge in [-0.05, 0) is 24.3 Å². The van der Waals surface area contributed by atoms with Crippen LogP contribution in [0.4, 0.5) is 4.39 Å². The van der Waals surface area contributed by atoms with Gasteiger partial charge in [0.1, 0.15) is 11.9 Å². The van der Waals surface area contributed by atoms with Crippen molar-refractivity contribution in [1.29, 1.82) is 0 Å². The van der Waals surface area contributed by atoms with E-state index in [4.69, 9.17) is 14.2 Å². The minimum atomic E-state index is -0.921. The van der Waals surface area contributed by atoms with Crippen molar-refractivity contribution in [3.05, 3.63) is 53.5 Å². The zero-order valence-corrected chi connectivity index (χ0v) is 18.9. The molecular formula is C24H28FN3O5. The molecule has 1 saturated heterocycles. The van der Waals surface area contributed by atoms with Crippen LogP contribution in [0.15, 0.2) is 36.5 Å². The van der Waals surface area contributed by atoms with Gasteiger partial charge in [-0.3, -0.25) is 14.6 Å². The van der Waals surface area contributed by atoms with Gasteiger partial charge in [-0.15, -0.1) is 0 Å². The molecule has 2 aromatic carbocycles. The highest BCUT2D eigenvalue weighted by Crippen LogP contribution is 2.40. The third-order valence-electron chi connectivity index (χ3n) is 6.16. The first kappa shape index (κ1) is 22.9. The first-order valence-electron chi connectivity index (χ1n) is 10.7. The Morgan fingerprint density at radius 3 is 2.42 bits per heavy atom. The second-order valence-corrected chi connectivity index (χ2v) is 7.98. The molecule has 33 heavy (non-hydrogen) atoms. The lowest BCUT2D eigenvalue weighted by Gasteiger charge is -2.37. The number of carboxylic acids is 1. The highest BCUT2D eigenvalue weighted by Gasteiger charge is 2.32. The van der Waals surface area contributed by atoms with Crippen LogP contribution in [0.2, 0.25) is 0 Å². The van der Waals surface area contributed by atoms with Crippen molar-refractivity contribution in [3.63, 3.8) is 0 Å². The van der Waals surface area contributed by atoms with E-state index in [-0.39, 0.29) is 5.82 Å². The van der Waals surface area contributed by atoms with E-state index in [1.54, 1.807) is 33.6 Å². The summed E-state index contributed by atoms with van der Waals surface area (Å²) in [5, 5.41) is 10.7. The molecular weight excluding hydrogens is 429 g/mol. The molecule has 2 N–H and O–H groups in total. The zero-order chi connectivity index (χ0) is 23.5. The van der Waals surface area contributed by atoms with Crippen molar-refractivity contribution in [1.82, 2.24) is 14.8 Å². The number of nitrogens with one attached hydrogen (secondary N) is 1. The van der Waals surface area contributed by atoms with Gasteiger partial charge in [0, 0.05) is 61.0 Å². The summed E-state index contributed by atoms with van der Waals surface area (Å²) in [7, 11) is 4.76. The quantitative estimate of drug-likeness (QED) is 0.537. The topological polar surface area (TPSA) is 87.3 Å². The number of nitrogens with zero attached hydrogens (tertiary/aromatic N) is 2. The highest BCUT2D eigenvalue weighted by molar-refractivity contribution is 5.89. The van der Waals surface area contributed by atoms with Crippen molar-refractivity contribution in [2.24, 2.45) is 0 Å². The molecule has 0 bridgehead atoms. The fraction of sp³-hybridized carbons (Fsp3) is 0.375. The normalized spacial score (nSPS) is 16.0. The fourth-order valence-corrected chi connectivity index (χ4v) is 4.54. The molecule has 0 spiro atoms. The lowest BCUT2D eigenvalue weighted by atomic mass is 10.0. The van der Waals surface area contributed by atoms with E-state index in [2.05, 4.69) is 9.88 Å². The van der Waals surface area contributed by atoms with Gasteiger partial charge in [0.15, 0.2) is 11.5 Å². The molecule has 0 amide bonds. The summed E-state index contributed by atoms with van der Waals surface area (Å²) >= 11 is 0. The number of hydrogen-bond donors (Lipinski definition) is 2. The van der Waals surface area contributed by atoms with Crippen molar-refractivity contribution in [2.75, 3.05) is 47.5 Å². The number of hydrogen-bond acceptors (Lipinski definition) is 6. The van der Waals surface area contributed by atoms with Crippen LogP contribution in [0.25, 0.3) is 10.9 Å². The van der Waals surface area contributed by atoms with E-state index in [1.807, 2.05) is 17.0 Å². The summed E-state index contributed by atoms with van der Waals surface area (Å²) in [4.78, 5) is 19.4. The number of aliphatic carboxylic acids is 1. The number of ether oxygens (including phenoxy) is 3. The molecule has 1 aliphatic heterocycles. The first-order chi connectivity index (χ1) is 16.0. The van der Waals surface area contributed by atoms with E-state index >= 15 is 0 Å². The SMILES string of the molecule is COc1ccc(CN2CCN([C@H](C(=O)O)c3c[nH]c4cc(F)ccc34)CC2)c(OC)c1OC. The Kier molecular flexibility index (Phi) is 6.71. The summed E-state index contributed by atoms with van der Waals surface area (Å²) in [5.41, 5.74) is 2.21. The fourth-order valence-electron chi connectivity index (χ4n) is 4.54. The average Bonchev–Trinajstić information content (AvgIpc) is 3.22. The molecule has 0 radical (unpaired) electrons. The maximum atomic E-state index is 13.6. The minimum Gasteiger partial charge on any atom is -0.493 e. The molecule has 9 heteroatoms. The van der Waals surface area contributed by atoms with Gasteiger partial charge in [-0.2, -0.15) is 0 Å². The molecule has 1 aromatic heterocycles. The third kappa shape index (κ3) is 4.46. The molecule has 3 aromatic rings. The summed E-state index contributed by atoms with van der Waals surface area (Å²) < 4.78 is 30.0. The van der Waals surface area contributed by atoms with Crippen molar-refractivity contribution in [3.8, 4) is 17.2 Å². The molecule has 4 rings (SSSR count). The molecule has 1 fully saturated rings. The molecule has 2 heterocycles. The summed E-state index contributed by atoms with van der Waals surface area (Å²) in [5.74, 6) is 0.509. The van der Waals surface area contributed by atoms with E-state index < -0.39 is 12.0 Å².